The van der Waals surface area contributed by atoms with Crippen molar-refractivity contribution in [1.82, 2.24) is 9.55 Å². The molecule has 2 aromatic heterocycles. The molecule has 9 heteroatoms. The number of esters is 1. The number of ether oxygens (including phenoxy) is 3. The third kappa shape index (κ3) is 8.57. The Morgan fingerprint density at radius 3 is 2.31 bits per heavy atom. The fourth-order valence-electron chi connectivity index (χ4n) is 6.49. The molecule has 1 aliphatic heterocycles. The second-order valence-corrected chi connectivity index (χ2v) is 14.1. The molecule has 2 aromatic carbocycles. The van der Waals surface area contributed by atoms with Crippen LogP contribution < -0.4 is 5.32 Å². The molecule has 0 spiro atoms. The molecule has 1 fully saturated rings. The first-order valence-corrected chi connectivity index (χ1v) is 16.6. The summed E-state index contributed by atoms with van der Waals surface area (Å²) in [4.78, 5) is 31.2. The van der Waals surface area contributed by atoms with Gasteiger partial charge in [-0.3, -0.25) is 14.6 Å². The van der Waals surface area contributed by atoms with Crippen molar-refractivity contribution in [3.8, 4) is 22.4 Å². The van der Waals surface area contributed by atoms with Crippen LogP contribution in [0.4, 0.5) is 10.1 Å². The summed E-state index contributed by atoms with van der Waals surface area (Å²) >= 11 is 0. The lowest BCUT2D eigenvalue weighted by molar-refractivity contribution is -0.301. The lowest BCUT2D eigenvalue weighted by atomic mass is 9.94. The number of aromatic nitrogens is 2. The summed E-state index contributed by atoms with van der Waals surface area (Å²) in [6.07, 6.45) is 3.87. The largest absolute Gasteiger partial charge is 0.460 e. The minimum atomic E-state index is -0.906. The number of rotatable bonds is 10. The average molecular weight is 656 g/mol. The van der Waals surface area contributed by atoms with E-state index in [1.165, 1.54) is 12.1 Å². The van der Waals surface area contributed by atoms with Gasteiger partial charge in [0, 0.05) is 30.4 Å². The predicted molar refractivity (Wildman–Crippen MR) is 185 cm³/mol. The van der Waals surface area contributed by atoms with E-state index in [0.29, 0.717) is 30.6 Å². The molecule has 0 unspecified atom stereocenters. The fraction of sp³-hybridized carbons (Fsp3) is 0.410. The van der Waals surface area contributed by atoms with Gasteiger partial charge in [0.05, 0.1) is 41.8 Å². The van der Waals surface area contributed by atoms with Gasteiger partial charge in [-0.25, -0.2) is 4.39 Å². The summed E-state index contributed by atoms with van der Waals surface area (Å²) < 4.78 is 34.6. The summed E-state index contributed by atoms with van der Waals surface area (Å²) in [5.74, 6) is -1.87. The first kappa shape index (κ1) is 35.0. The molecule has 4 aromatic rings. The Morgan fingerprint density at radius 2 is 1.69 bits per heavy atom. The number of hydrogen-bond acceptors (Lipinski definition) is 6. The van der Waals surface area contributed by atoms with Crippen LogP contribution in [-0.4, -0.2) is 45.0 Å². The van der Waals surface area contributed by atoms with Gasteiger partial charge in [0.15, 0.2) is 5.79 Å². The van der Waals surface area contributed by atoms with E-state index >= 15 is 0 Å². The maximum absolute atomic E-state index is 14.3. The van der Waals surface area contributed by atoms with Crippen LogP contribution in [0.3, 0.4) is 0 Å². The number of benzene rings is 2. The van der Waals surface area contributed by atoms with Gasteiger partial charge < -0.3 is 24.1 Å². The molecule has 0 radical (unpaired) electrons. The highest BCUT2D eigenvalue weighted by molar-refractivity contribution is 6.12. The third-order valence-electron chi connectivity index (χ3n) is 8.09. The molecule has 1 aliphatic rings. The van der Waals surface area contributed by atoms with Crippen LogP contribution in [-0.2, 0) is 25.5 Å². The molecule has 2 atom stereocenters. The zero-order chi connectivity index (χ0) is 34.6. The van der Waals surface area contributed by atoms with E-state index in [0.717, 1.165) is 28.1 Å². The Kier molecular flexibility index (Phi) is 10.5. The number of hydrogen-bond donors (Lipinski definition) is 1. The molecular weight excluding hydrogens is 609 g/mol. The number of amides is 1. The molecule has 254 valence electrons. The molecule has 0 saturated carbocycles. The SMILES string of the molecule is CC(C)c1c(C(=O)Nc2cccnc2)c(-c2ccccc2)c(-c2ccc(F)cc2)n1CC[C@@H]1C[C@H](CC(=O)OC(C)(C)C)OC(C)(C)O1. The van der Waals surface area contributed by atoms with Gasteiger partial charge in [0.25, 0.3) is 5.91 Å². The Hall–Kier alpha value is -4.34. The molecule has 3 heterocycles. The van der Waals surface area contributed by atoms with Crippen molar-refractivity contribution in [3.63, 3.8) is 0 Å². The van der Waals surface area contributed by atoms with Gasteiger partial charge in [-0.2, -0.15) is 0 Å². The van der Waals surface area contributed by atoms with Crippen LogP contribution in [0, 0.1) is 5.82 Å². The smallest absolute Gasteiger partial charge is 0.308 e. The molecule has 8 nitrogen and oxygen atoms in total. The zero-order valence-electron chi connectivity index (χ0n) is 28.9. The second-order valence-electron chi connectivity index (χ2n) is 14.1. The van der Waals surface area contributed by atoms with Crippen molar-refractivity contribution in [2.75, 3.05) is 5.32 Å². The lowest BCUT2D eigenvalue weighted by Crippen LogP contribution is -2.46. The minimum absolute atomic E-state index is 0.0525. The van der Waals surface area contributed by atoms with Crippen molar-refractivity contribution >= 4 is 17.6 Å². The Morgan fingerprint density at radius 1 is 1.00 bits per heavy atom. The number of carbonyl (C=O) groups is 2. The van der Waals surface area contributed by atoms with Crippen molar-refractivity contribution < 1.29 is 28.2 Å². The molecule has 1 saturated heterocycles. The van der Waals surface area contributed by atoms with Crippen molar-refractivity contribution in [2.45, 2.75) is 104 Å². The topological polar surface area (TPSA) is 91.7 Å². The van der Waals surface area contributed by atoms with Gasteiger partial charge in [-0.05, 0) is 94.5 Å². The molecular formula is C39H46FN3O5. The molecule has 1 N–H and O–H groups in total. The third-order valence-corrected chi connectivity index (χ3v) is 8.09. The lowest BCUT2D eigenvalue weighted by Gasteiger charge is -2.41. The fourth-order valence-corrected chi connectivity index (χ4v) is 6.49. The maximum atomic E-state index is 14.3. The number of pyridine rings is 1. The molecule has 0 bridgehead atoms. The first-order chi connectivity index (χ1) is 22.7. The molecule has 48 heavy (non-hydrogen) atoms. The standard InChI is InChI=1S/C39H46FN3O5/c1-25(2)35-34(37(45)42-29-14-11-20-41-24-29)33(26-12-9-8-10-13-26)36(27-15-17-28(40)18-16-27)43(35)21-19-30-22-31(47-39(6,7)46-30)23-32(44)48-38(3,4)5/h8-18,20,24-25,30-31H,19,21-23H2,1-7H3,(H,42,45)/t30-,31-/m1/s1. The van der Waals surface area contributed by atoms with Crippen LogP contribution in [0.1, 0.15) is 89.7 Å². The minimum Gasteiger partial charge on any atom is -0.460 e. The first-order valence-electron chi connectivity index (χ1n) is 16.6. The van der Waals surface area contributed by atoms with E-state index in [4.69, 9.17) is 14.2 Å². The van der Waals surface area contributed by atoms with E-state index in [1.54, 1.807) is 36.7 Å². The number of halogens is 1. The number of carbonyl (C=O) groups excluding carboxylic acids is 2. The quantitative estimate of drug-likeness (QED) is 0.172. The zero-order valence-corrected chi connectivity index (χ0v) is 28.9. The highest BCUT2D eigenvalue weighted by atomic mass is 19.1. The summed E-state index contributed by atoms with van der Waals surface area (Å²) in [7, 11) is 0. The van der Waals surface area contributed by atoms with Crippen molar-refractivity contribution in [1.29, 1.82) is 0 Å². The normalized spacial score (nSPS) is 17.7. The monoisotopic (exact) mass is 655 g/mol. The number of anilines is 1. The van der Waals surface area contributed by atoms with Crippen molar-refractivity contribution in [3.05, 3.63) is 96.2 Å². The maximum Gasteiger partial charge on any atom is 0.308 e. The van der Waals surface area contributed by atoms with E-state index < -0.39 is 11.4 Å². The van der Waals surface area contributed by atoms with Crippen LogP contribution in [0.15, 0.2) is 79.1 Å². The van der Waals surface area contributed by atoms with Gasteiger partial charge in [0.1, 0.15) is 11.4 Å². The summed E-state index contributed by atoms with van der Waals surface area (Å²) in [5, 5.41) is 3.06. The Labute approximate surface area is 282 Å². The van der Waals surface area contributed by atoms with Gasteiger partial charge in [0.2, 0.25) is 0 Å². The van der Waals surface area contributed by atoms with E-state index in [2.05, 4.69) is 28.7 Å². The second kappa shape index (κ2) is 14.4. The highest BCUT2D eigenvalue weighted by Gasteiger charge is 2.38. The van der Waals surface area contributed by atoms with Crippen molar-refractivity contribution in [2.24, 2.45) is 0 Å². The molecule has 1 amide bonds. The summed E-state index contributed by atoms with van der Waals surface area (Å²) in [6, 6.07) is 19.8. The molecule has 0 aliphatic carbocycles. The van der Waals surface area contributed by atoms with Gasteiger partial charge >= 0.3 is 5.97 Å². The van der Waals surface area contributed by atoms with Gasteiger partial charge in [-0.15, -0.1) is 0 Å². The predicted octanol–water partition coefficient (Wildman–Crippen LogP) is 8.76. The molecule has 5 rings (SSSR count). The van der Waals surface area contributed by atoms with E-state index in [-0.39, 0.29) is 42.2 Å². The van der Waals surface area contributed by atoms with E-state index in [9.17, 15) is 14.0 Å². The van der Waals surface area contributed by atoms with Crippen LogP contribution in [0.25, 0.3) is 22.4 Å². The van der Waals surface area contributed by atoms with Crippen LogP contribution in [0.5, 0.6) is 0 Å². The summed E-state index contributed by atoms with van der Waals surface area (Å²) in [6.45, 7) is 13.9. The Balaban J connectivity index is 1.59. The number of nitrogens with zero attached hydrogens (tertiary/aromatic N) is 2. The van der Waals surface area contributed by atoms with Crippen LogP contribution in [0.2, 0.25) is 0 Å². The van der Waals surface area contributed by atoms with E-state index in [1.807, 2.05) is 65.0 Å². The highest BCUT2D eigenvalue weighted by Crippen LogP contribution is 2.43. The van der Waals surface area contributed by atoms with Crippen LogP contribution >= 0.6 is 0 Å². The Bertz CT molecular complexity index is 1710. The average Bonchev–Trinajstić information content (AvgIpc) is 3.35. The van der Waals surface area contributed by atoms with Gasteiger partial charge in [-0.1, -0.05) is 44.2 Å². The number of nitrogens with one attached hydrogen (secondary N) is 1. The summed E-state index contributed by atoms with van der Waals surface area (Å²) in [5.41, 5.74) is 4.64.